The fourth-order valence-corrected chi connectivity index (χ4v) is 2.05. The first-order valence-corrected chi connectivity index (χ1v) is 5.56. The maximum absolute atomic E-state index is 11.6. The van der Waals surface area contributed by atoms with Crippen LogP contribution in [0.5, 0.6) is 0 Å². The zero-order chi connectivity index (χ0) is 12.7. The van der Waals surface area contributed by atoms with Gasteiger partial charge < -0.3 is 15.6 Å². The summed E-state index contributed by atoms with van der Waals surface area (Å²) in [4.78, 5) is 17.9. The van der Waals surface area contributed by atoms with Gasteiger partial charge in [-0.05, 0) is 12.8 Å². The Morgan fingerprint density at radius 3 is 3.11 bits per heavy atom. The number of anilines is 1. The number of hydrogen-bond acceptors (Lipinski definition) is 7. The molecule has 1 saturated heterocycles. The SMILES string of the molecule is Nc1nc2c(nnn2[C@H]2CC[C@@H](CO)O2)c(=O)[nH]1. The minimum absolute atomic E-state index is 0.00718. The molecule has 0 spiro atoms. The van der Waals surface area contributed by atoms with Gasteiger partial charge in [0.25, 0.3) is 5.56 Å². The number of nitrogen functional groups attached to an aromatic ring is 1. The Labute approximate surface area is 101 Å². The van der Waals surface area contributed by atoms with Crippen LogP contribution >= 0.6 is 0 Å². The zero-order valence-electron chi connectivity index (χ0n) is 9.41. The molecular formula is C9H12N6O3. The first-order chi connectivity index (χ1) is 8.69. The van der Waals surface area contributed by atoms with Gasteiger partial charge in [0, 0.05) is 0 Å². The fourth-order valence-electron chi connectivity index (χ4n) is 2.05. The molecule has 0 radical (unpaired) electrons. The summed E-state index contributed by atoms with van der Waals surface area (Å²) < 4.78 is 6.99. The number of aromatic amines is 1. The summed E-state index contributed by atoms with van der Waals surface area (Å²) in [6, 6.07) is 0. The normalized spacial score (nSPS) is 23.8. The topological polar surface area (TPSA) is 132 Å². The van der Waals surface area contributed by atoms with E-state index in [0.29, 0.717) is 12.1 Å². The summed E-state index contributed by atoms with van der Waals surface area (Å²) in [5.74, 6) is 0.00718. The Morgan fingerprint density at radius 1 is 1.56 bits per heavy atom. The fraction of sp³-hybridized carbons (Fsp3) is 0.556. The molecule has 0 aromatic carbocycles. The molecule has 0 unspecified atom stereocenters. The van der Waals surface area contributed by atoms with Crippen molar-refractivity contribution in [2.75, 3.05) is 12.3 Å². The smallest absolute Gasteiger partial charge is 0.282 e. The first kappa shape index (κ1) is 11.1. The number of nitrogens with two attached hydrogens (primary N) is 1. The second-order valence-electron chi connectivity index (χ2n) is 4.13. The number of nitrogens with zero attached hydrogens (tertiary/aromatic N) is 4. The number of nitrogens with one attached hydrogen (secondary N) is 1. The van der Waals surface area contributed by atoms with Crippen LogP contribution in [-0.4, -0.2) is 42.8 Å². The maximum Gasteiger partial charge on any atom is 0.282 e. The number of fused-ring (bicyclic) bond motifs is 1. The lowest BCUT2D eigenvalue weighted by atomic mass is 10.2. The van der Waals surface area contributed by atoms with E-state index in [4.69, 9.17) is 15.6 Å². The Morgan fingerprint density at radius 2 is 2.39 bits per heavy atom. The van der Waals surface area contributed by atoms with Crippen molar-refractivity contribution in [1.82, 2.24) is 25.0 Å². The Kier molecular flexibility index (Phi) is 2.49. The predicted molar refractivity (Wildman–Crippen MR) is 60.6 cm³/mol. The molecular weight excluding hydrogens is 240 g/mol. The van der Waals surface area contributed by atoms with E-state index in [0.717, 1.165) is 6.42 Å². The molecule has 0 amide bonds. The van der Waals surface area contributed by atoms with Gasteiger partial charge in [0.1, 0.15) is 0 Å². The molecule has 4 N–H and O–H groups in total. The Hall–Kier alpha value is -2.00. The van der Waals surface area contributed by atoms with Gasteiger partial charge in [-0.2, -0.15) is 9.67 Å². The van der Waals surface area contributed by atoms with Gasteiger partial charge in [0.2, 0.25) is 5.95 Å². The number of aliphatic hydroxyl groups excluding tert-OH is 1. The van der Waals surface area contributed by atoms with Crippen molar-refractivity contribution in [3.05, 3.63) is 10.4 Å². The molecule has 2 atom stereocenters. The van der Waals surface area contributed by atoms with Gasteiger partial charge >= 0.3 is 0 Å². The monoisotopic (exact) mass is 252 g/mol. The lowest BCUT2D eigenvalue weighted by molar-refractivity contribution is -0.0270. The average Bonchev–Trinajstić information content (AvgIpc) is 2.93. The molecule has 18 heavy (non-hydrogen) atoms. The molecule has 0 bridgehead atoms. The summed E-state index contributed by atoms with van der Waals surface area (Å²) in [6.45, 7) is -0.0424. The van der Waals surface area contributed by atoms with Crippen molar-refractivity contribution in [1.29, 1.82) is 0 Å². The minimum Gasteiger partial charge on any atom is -0.394 e. The Bertz CT molecular complexity index is 635. The van der Waals surface area contributed by atoms with Crippen molar-refractivity contribution >= 4 is 17.1 Å². The highest BCUT2D eigenvalue weighted by Crippen LogP contribution is 2.28. The molecule has 3 rings (SSSR count). The van der Waals surface area contributed by atoms with Crippen LogP contribution in [0, 0.1) is 0 Å². The van der Waals surface area contributed by atoms with Crippen molar-refractivity contribution in [3.8, 4) is 0 Å². The predicted octanol–water partition coefficient (Wildman–Crippen LogP) is -1.23. The number of rotatable bonds is 2. The van der Waals surface area contributed by atoms with E-state index in [1.807, 2.05) is 0 Å². The highest BCUT2D eigenvalue weighted by atomic mass is 16.5. The van der Waals surface area contributed by atoms with Gasteiger partial charge in [0.05, 0.1) is 12.7 Å². The van der Waals surface area contributed by atoms with Gasteiger partial charge in [-0.25, -0.2) is 0 Å². The van der Waals surface area contributed by atoms with Crippen LogP contribution in [0.3, 0.4) is 0 Å². The van der Waals surface area contributed by atoms with Crippen LogP contribution in [0.15, 0.2) is 4.79 Å². The van der Waals surface area contributed by atoms with Crippen molar-refractivity contribution in [2.24, 2.45) is 0 Å². The van der Waals surface area contributed by atoms with Gasteiger partial charge in [0.15, 0.2) is 17.4 Å². The van der Waals surface area contributed by atoms with Crippen molar-refractivity contribution in [2.45, 2.75) is 25.2 Å². The molecule has 2 aromatic heterocycles. The molecule has 1 fully saturated rings. The molecule has 0 aliphatic carbocycles. The van der Waals surface area contributed by atoms with Crippen molar-refractivity contribution in [3.63, 3.8) is 0 Å². The first-order valence-electron chi connectivity index (χ1n) is 5.56. The summed E-state index contributed by atoms with van der Waals surface area (Å²) in [7, 11) is 0. The Balaban J connectivity index is 2.05. The van der Waals surface area contributed by atoms with E-state index in [1.165, 1.54) is 4.68 Å². The van der Waals surface area contributed by atoms with Crippen LogP contribution in [0.2, 0.25) is 0 Å². The highest BCUT2D eigenvalue weighted by molar-refractivity contribution is 5.69. The number of ether oxygens (including phenoxy) is 1. The van der Waals surface area contributed by atoms with E-state index in [-0.39, 0.29) is 30.4 Å². The molecule has 1 aliphatic heterocycles. The highest BCUT2D eigenvalue weighted by Gasteiger charge is 2.28. The van der Waals surface area contributed by atoms with Crippen molar-refractivity contribution < 1.29 is 9.84 Å². The van der Waals surface area contributed by atoms with Crippen LogP contribution < -0.4 is 11.3 Å². The minimum atomic E-state index is -0.430. The summed E-state index contributed by atoms with van der Waals surface area (Å²) >= 11 is 0. The number of aliphatic hydroxyl groups is 1. The molecule has 1 aliphatic rings. The molecule has 96 valence electrons. The molecule has 9 nitrogen and oxygen atoms in total. The van der Waals surface area contributed by atoms with Gasteiger partial charge in [-0.3, -0.25) is 9.78 Å². The largest absolute Gasteiger partial charge is 0.394 e. The molecule has 0 saturated carbocycles. The van der Waals surface area contributed by atoms with Crippen LogP contribution in [0.25, 0.3) is 11.2 Å². The second kappa shape index (κ2) is 4.03. The maximum atomic E-state index is 11.6. The quantitative estimate of drug-likeness (QED) is 0.609. The number of aromatic nitrogens is 5. The lowest BCUT2D eigenvalue weighted by Gasteiger charge is -2.11. The van der Waals surface area contributed by atoms with Crippen LogP contribution in [0.4, 0.5) is 5.95 Å². The van der Waals surface area contributed by atoms with E-state index < -0.39 is 5.56 Å². The summed E-state index contributed by atoms with van der Waals surface area (Å²) in [6.07, 6.45) is 0.814. The standard InChI is InChI=1S/C9H12N6O3/c10-9-11-7-6(8(17)12-9)13-14-15(7)5-2-1-4(3-16)18-5/h4-5,16H,1-3H2,(H3,10,11,12,17)/t4-,5+/m0/s1. The third-order valence-electron chi connectivity index (χ3n) is 2.91. The number of hydrogen-bond donors (Lipinski definition) is 3. The average molecular weight is 252 g/mol. The summed E-state index contributed by atoms with van der Waals surface area (Å²) in [5, 5.41) is 16.7. The van der Waals surface area contributed by atoms with E-state index >= 15 is 0 Å². The molecule has 9 heteroatoms. The summed E-state index contributed by atoms with van der Waals surface area (Å²) in [5.41, 5.74) is 5.48. The molecule has 3 heterocycles. The van der Waals surface area contributed by atoms with Gasteiger partial charge in [-0.1, -0.05) is 5.21 Å². The second-order valence-corrected chi connectivity index (χ2v) is 4.13. The third kappa shape index (κ3) is 1.64. The van der Waals surface area contributed by atoms with E-state index in [2.05, 4.69) is 20.3 Å². The van der Waals surface area contributed by atoms with Crippen LogP contribution in [0.1, 0.15) is 19.1 Å². The van der Waals surface area contributed by atoms with E-state index in [9.17, 15) is 4.79 Å². The van der Waals surface area contributed by atoms with Gasteiger partial charge in [-0.15, -0.1) is 5.10 Å². The van der Waals surface area contributed by atoms with Crippen LogP contribution in [-0.2, 0) is 4.74 Å². The zero-order valence-corrected chi connectivity index (χ0v) is 9.41. The third-order valence-corrected chi connectivity index (χ3v) is 2.91. The molecule has 2 aromatic rings. The lowest BCUT2D eigenvalue weighted by Crippen LogP contribution is -2.17. The number of H-pyrrole nitrogens is 1. The van der Waals surface area contributed by atoms with E-state index in [1.54, 1.807) is 0 Å².